The molecule has 1 aromatic carbocycles. The molecule has 0 unspecified atom stereocenters. The highest BCUT2D eigenvalue weighted by Gasteiger charge is 2.30. The number of likely N-dealkylation sites (N-methyl/N-ethyl adjacent to an activating group) is 1. The number of carbonyl (C=O) groups excluding carboxylic acids is 1. The van der Waals surface area contributed by atoms with Gasteiger partial charge in [-0.3, -0.25) is 4.79 Å². The second-order valence-corrected chi connectivity index (χ2v) is 6.47. The molecule has 148 valence electrons. The van der Waals surface area contributed by atoms with Gasteiger partial charge in [-0.2, -0.15) is 0 Å². The van der Waals surface area contributed by atoms with Gasteiger partial charge in [-0.1, -0.05) is 12.1 Å². The van der Waals surface area contributed by atoms with Gasteiger partial charge >= 0.3 is 0 Å². The highest BCUT2D eigenvalue weighted by molar-refractivity contribution is 5.85. The van der Waals surface area contributed by atoms with Crippen molar-refractivity contribution < 1.29 is 14.3 Å². The second kappa shape index (κ2) is 10.9. The van der Waals surface area contributed by atoms with Crippen molar-refractivity contribution in [1.29, 1.82) is 0 Å². The highest BCUT2D eigenvalue weighted by atomic mass is 35.5. The number of nitrogens with zero attached hydrogens (tertiary/aromatic N) is 2. The van der Waals surface area contributed by atoms with Gasteiger partial charge in [0.25, 0.3) is 0 Å². The number of morpholine rings is 2. The zero-order valence-corrected chi connectivity index (χ0v) is 17.0. The molecule has 1 N–H and O–H groups in total. The van der Waals surface area contributed by atoms with Gasteiger partial charge in [-0.05, 0) is 24.6 Å². The Kier molecular flexibility index (Phi) is 9.68. The van der Waals surface area contributed by atoms with Gasteiger partial charge < -0.3 is 24.6 Å². The Bertz CT molecular complexity index is 553. The Hall–Kier alpha value is -1.05. The van der Waals surface area contributed by atoms with Gasteiger partial charge in [-0.25, -0.2) is 0 Å². The monoisotopic (exact) mass is 405 g/mol. The number of rotatable bonds is 4. The summed E-state index contributed by atoms with van der Waals surface area (Å²) in [6.07, 6.45) is -0.0857. The maximum Gasteiger partial charge on any atom is 0.242 e. The van der Waals surface area contributed by atoms with Crippen molar-refractivity contribution in [2.75, 3.05) is 51.4 Å². The summed E-state index contributed by atoms with van der Waals surface area (Å²) in [6.45, 7) is 7.38. The van der Waals surface area contributed by atoms with Crippen LogP contribution >= 0.6 is 24.8 Å². The molecule has 26 heavy (non-hydrogen) atoms. The van der Waals surface area contributed by atoms with E-state index in [-0.39, 0.29) is 42.9 Å². The van der Waals surface area contributed by atoms with Gasteiger partial charge in [0.05, 0.1) is 25.9 Å². The van der Waals surface area contributed by atoms with Crippen LogP contribution in [0.1, 0.15) is 12.5 Å². The van der Waals surface area contributed by atoms with E-state index in [0.29, 0.717) is 13.2 Å². The van der Waals surface area contributed by atoms with E-state index in [1.54, 1.807) is 4.90 Å². The second-order valence-electron chi connectivity index (χ2n) is 6.47. The van der Waals surface area contributed by atoms with Crippen molar-refractivity contribution >= 4 is 36.4 Å². The van der Waals surface area contributed by atoms with Crippen LogP contribution in [0, 0.1) is 0 Å². The molecule has 2 aliphatic rings. The fourth-order valence-electron chi connectivity index (χ4n) is 3.23. The van der Waals surface area contributed by atoms with Crippen molar-refractivity contribution in [3.63, 3.8) is 0 Å². The van der Waals surface area contributed by atoms with E-state index >= 15 is 0 Å². The first-order valence-corrected chi connectivity index (χ1v) is 8.67. The summed E-state index contributed by atoms with van der Waals surface area (Å²) in [5, 5.41) is 3.25. The SMILES string of the molecule is C[C@H]1OCCN[C@@H]1C(=O)N(C)Cc1ccc(N2CCOCC2)cc1.Cl.Cl. The molecule has 0 aromatic heterocycles. The minimum absolute atomic E-state index is 0. The average Bonchev–Trinajstić information content (AvgIpc) is 2.63. The zero-order valence-electron chi connectivity index (χ0n) is 15.3. The number of halogens is 2. The molecule has 6 nitrogen and oxygen atoms in total. The summed E-state index contributed by atoms with van der Waals surface area (Å²) in [5.74, 6) is 0.0828. The lowest BCUT2D eigenvalue weighted by Gasteiger charge is -2.32. The Balaban J connectivity index is 0.00000169. The van der Waals surface area contributed by atoms with E-state index < -0.39 is 0 Å². The third-order valence-electron chi connectivity index (χ3n) is 4.69. The third kappa shape index (κ3) is 5.72. The summed E-state index contributed by atoms with van der Waals surface area (Å²) in [7, 11) is 1.85. The standard InChI is InChI=1S/C18H27N3O3.2ClH/c1-14-17(19-7-10-24-14)18(22)20(2)13-15-3-5-16(6-4-15)21-8-11-23-12-9-21;;/h3-6,14,17,19H,7-13H2,1-2H3;2*1H/t14-,17+;;/m1../s1. The molecule has 1 amide bonds. The van der Waals surface area contributed by atoms with E-state index in [0.717, 1.165) is 38.4 Å². The number of hydrogen-bond acceptors (Lipinski definition) is 5. The first-order valence-electron chi connectivity index (χ1n) is 8.67. The molecule has 2 saturated heterocycles. The smallest absolute Gasteiger partial charge is 0.242 e. The summed E-state index contributed by atoms with van der Waals surface area (Å²) >= 11 is 0. The molecular weight excluding hydrogens is 377 g/mol. The van der Waals surface area contributed by atoms with Crippen LogP contribution in [-0.4, -0.2) is 69.5 Å². The van der Waals surface area contributed by atoms with Crippen LogP contribution < -0.4 is 10.2 Å². The summed E-state index contributed by atoms with van der Waals surface area (Å²) in [5.41, 5.74) is 2.35. The predicted molar refractivity (Wildman–Crippen MR) is 108 cm³/mol. The maximum absolute atomic E-state index is 12.6. The average molecular weight is 406 g/mol. The molecule has 3 rings (SSSR count). The first-order chi connectivity index (χ1) is 11.6. The summed E-state index contributed by atoms with van der Waals surface area (Å²) in [6, 6.07) is 8.20. The van der Waals surface area contributed by atoms with E-state index in [2.05, 4.69) is 34.5 Å². The molecule has 2 heterocycles. The lowest BCUT2D eigenvalue weighted by atomic mass is 10.1. The van der Waals surface area contributed by atoms with Gasteiger partial charge in [0.15, 0.2) is 0 Å². The van der Waals surface area contributed by atoms with Gasteiger partial charge in [-0.15, -0.1) is 24.8 Å². The third-order valence-corrected chi connectivity index (χ3v) is 4.69. The van der Waals surface area contributed by atoms with E-state index in [1.807, 2.05) is 14.0 Å². The molecule has 0 saturated carbocycles. The van der Waals surface area contributed by atoms with Crippen molar-refractivity contribution in [1.82, 2.24) is 10.2 Å². The molecule has 0 radical (unpaired) electrons. The molecule has 0 aliphatic carbocycles. The molecule has 2 atom stereocenters. The number of ether oxygens (including phenoxy) is 2. The first kappa shape index (κ1) is 23.0. The fourth-order valence-corrected chi connectivity index (χ4v) is 3.23. The Morgan fingerprint density at radius 1 is 1.19 bits per heavy atom. The minimum Gasteiger partial charge on any atom is -0.378 e. The molecule has 0 bridgehead atoms. The van der Waals surface area contributed by atoms with E-state index in [1.165, 1.54) is 5.69 Å². The normalized spacial score (nSPS) is 22.8. The van der Waals surface area contributed by atoms with Crippen molar-refractivity contribution in [3.8, 4) is 0 Å². The largest absolute Gasteiger partial charge is 0.378 e. The lowest BCUT2D eigenvalue weighted by molar-refractivity contribution is -0.138. The van der Waals surface area contributed by atoms with E-state index in [4.69, 9.17) is 9.47 Å². The molecule has 0 spiro atoms. The van der Waals surface area contributed by atoms with Gasteiger partial charge in [0.2, 0.25) is 5.91 Å². The van der Waals surface area contributed by atoms with Gasteiger partial charge in [0.1, 0.15) is 6.04 Å². The summed E-state index contributed by atoms with van der Waals surface area (Å²) < 4.78 is 11.0. The number of nitrogens with one attached hydrogen (secondary N) is 1. The number of hydrogen-bond donors (Lipinski definition) is 1. The van der Waals surface area contributed by atoms with Crippen LogP contribution in [0.4, 0.5) is 5.69 Å². The van der Waals surface area contributed by atoms with Crippen LogP contribution in [0.25, 0.3) is 0 Å². The lowest BCUT2D eigenvalue weighted by Crippen LogP contribution is -2.55. The number of anilines is 1. The van der Waals surface area contributed by atoms with Crippen LogP contribution in [-0.2, 0) is 20.8 Å². The van der Waals surface area contributed by atoms with E-state index in [9.17, 15) is 4.79 Å². The van der Waals surface area contributed by atoms with Crippen molar-refractivity contribution in [3.05, 3.63) is 29.8 Å². The molecule has 8 heteroatoms. The van der Waals surface area contributed by atoms with Crippen LogP contribution in [0.15, 0.2) is 24.3 Å². The minimum atomic E-state index is -0.253. The van der Waals surface area contributed by atoms with Gasteiger partial charge in [0, 0.05) is 38.9 Å². The van der Waals surface area contributed by atoms with Crippen molar-refractivity contribution in [2.45, 2.75) is 25.6 Å². The molecule has 2 aliphatic heterocycles. The molecule has 2 fully saturated rings. The molecular formula is C18H29Cl2N3O3. The Morgan fingerprint density at radius 3 is 2.46 bits per heavy atom. The summed E-state index contributed by atoms with van der Waals surface area (Å²) in [4.78, 5) is 16.7. The molecule has 1 aromatic rings. The van der Waals surface area contributed by atoms with Crippen molar-refractivity contribution in [2.24, 2.45) is 0 Å². The maximum atomic E-state index is 12.6. The quantitative estimate of drug-likeness (QED) is 0.825. The Labute approximate surface area is 168 Å². The highest BCUT2D eigenvalue weighted by Crippen LogP contribution is 2.18. The Morgan fingerprint density at radius 2 is 1.85 bits per heavy atom. The fraction of sp³-hybridized carbons (Fsp3) is 0.611. The topological polar surface area (TPSA) is 54.0 Å². The zero-order chi connectivity index (χ0) is 16.9. The van der Waals surface area contributed by atoms with Crippen LogP contribution in [0.5, 0.6) is 0 Å². The number of amides is 1. The van der Waals surface area contributed by atoms with Crippen LogP contribution in [0.2, 0.25) is 0 Å². The predicted octanol–water partition coefficient (Wildman–Crippen LogP) is 1.70. The van der Waals surface area contributed by atoms with Crippen LogP contribution in [0.3, 0.4) is 0 Å². The number of carbonyl (C=O) groups is 1. The number of benzene rings is 1.